The van der Waals surface area contributed by atoms with Gasteiger partial charge in [0, 0.05) is 5.92 Å². The van der Waals surface area contributed by atoms with E-state index in [1.807, 2.05) is 60.6 Å². The number of epoxide rings is 1. The molecule has 142 valence electrons. The maximum atomic E-state index is 12.9. The van der Waals surface area contributed by atoms with Crippen LogP contribution in [-0.4, -0.2) is 53.0 Å². The quantitative estimate of drug-likeness (QED) is 0.442. The molecule has 6 nitrogen and oxygen atoms in total. The topological polar surface area (TPSA) is 68.4 Å². The molecule has 0 radical (unpaired) electrons. The Morgan fingerprint density at radius 3 is 2.08 bits per heavy atom. The zero-order valence-corrected chi connectivity index (χ0v) is 16.4. The maximum Gasteiger partial charge on any atom is 0.411 e. The SMILES string of the molecule is C/C=C\[C@@H]1C[C@H](C(=O)OC(C)(C)C)N(C(=O)OC(C)(C)C)[C@H]1C1CO1. The van der Waals surface area contributed by atoms with Crippen LogP contribution in [0.1, 0.15) is 54.9 Å². The molecule has 1 unspecified atom stereocenters. The van der Waals surface area contributed by atoms with Crippen LogP contribution in [-0.2, 0) is 19.0 Å². The van der Waals surface area contributed by atoms with Crippen molar-refractivity contribution >= 4 is 12.1 Å². The summed E-state index contributed by atoms with van der Waals surface area (Å²) in [4.78, 5) is 27.1. The zero-order valence-electron chi connectivity index (χ0n) is 16.4. The van der Waals surface area contributed by atoms with Crippen molar-refractivity contribution in [3.8, 4) is 0 Å². The lowest BCUT2D eigenvalue weighted by molar-refractivity contribution is -0.160. The number of carbonyl (C=O) groups excluding carboxylic acids is 2. The highest BCUT2D eigenvalue weighted by Gasteiger charge is 2.54. The molecule has 0 aromatic heterocycles. The van der Waals surface area contributed by atoms with Crippen LogP contribution in [0.2, 0.25) is 0 Å². The lowest BCUT2D eigenvalue weighted by Crippen LogP contribution is -2.50. The molecular formula is C19H31NO5. The normalized spacial score (nSPS) is 29.8. The Hall–Kier alpha value is -1.56. The fourth-order valence-electron chi connectivity index (χ4n) is 3.22. The van der Waals surface area contributed by atoms with Gasteiger partial charge in [0.25, 0.3) is 0 Å². The molecule has 2 heterocycles. The summed E-state index contributed by atoms with van der Waals surface area (Å²) in [5.41, 5.74) is -1.25. The second-order valence-corrected chi connectivity index (χ2v) is 8.72. The Balaban J connectivity index is 2.30. The first-order chi connectivity index (χ1) is 11.4. The van der Waals surface area contributed by atoms with Crippen LogP contribution >= 0.6 is 0 Å². The predicted molar refractivity (Wildman–Crippen MR) is 94.2 cm³/mol. The van der Waals surface area contributed by atoms with Gasteiger partial charge in [0.15, 0.2) is 0 Å². The van der Waals surface area contributed by atoms with Crippen molar-refractivity contribution in [1.82, 2.24) is 4.90 Å². The third-order valence-electron chi connectivity index (χ3n) is 4.05. The van der Waals surface area contributed by atoms with Crippen LogP contribution in [0.4, 0.5) is 4.79 Å². The largest absolute Gasteiger partial charge is 0.458 e. The minimum Gasteiger partial charge on any atom is -0.458 e. The summed E-state index contributed by atoms with van der Waals surface area (Å²) >= 11 is 0. The van der Waals surface area contributed by atoms with Gasteiger partial charge in [-0.1, -0.05) is 12.2 Å². The molecule has 0 saturated carbocycles. The summed E-state index contributed by atoms with van der Waals surface area (Å²) in [6.45, 7) is 13.4. The van der Waals surface area contributed by atoms with Gasteiger partial charge in [0.05, 0.1) is 12.6 Å². The van der Waals surface area contributed by atoms with E-state index in [0.29, 0.717) is 13.0 Å². The highest BCUT2D eigenvalue weighted by atomic mass is 16.6. The molecule has 4 atom stereocenters. The average Bonchev–Trinajstić information content (AvgIpc) is 3.16. The Morgan fingerprint density at radius 1 is 1.08 bits per heavy atom. The molecule has 2 aliphatic heterocycles. The van der Waals surface area contributed by atoms with Gasteiger partial charge in [0.2, 0.25) is 0 Å². The van der Waals surface area contributed by atoms with E-state index >= 15 is 0 Å². The van der Waals surface area contributed by atoms with Gasteiger partial charge in [-0.25, -0.2) is 9.59 Å². The summed E-state index contributed by atoms with van der Waals surface area (Å²) in [5.74, 6) is -0.349. The molecule has 2 rings (SSSR count). The third kappa shape index (κ3) is 5.21. The first kappa shape index (κ1) is 19.8. The van der Waals surface area contributed by atoms with Crippen LogP contribution in [0.3, 0.4) is 0 Å². The first-order valence-corrected chi connectivity index (χ1v) is 8.91. The number of rotatable bonds is 3. The Kier molecular flexibility index (Phi) is 5.52. The van der Waals surface area contributed by atoms with Crippen LogP contribution in [0.15, 0.2) is 12.2 Å². The Bertz CT molecular complexity index is 539. The standard InChI is InChI=1S/C19H31NO5/c1-8-9-12-10-13(16(21)24-18(2,3)4)20(15(12)14-11-23-14)17(22)25-19(5,6)7/h8-9,12-15H,10-11H2,1-7H3/b9-8-/t12-,13-,14?,15-/m1/s1. The third-order valence-corrected chi connectivity index (χ3v) is 4.05. The number of allylic oxidation sites excluding steroid dienone is 1. The fourth-order valence-corrected chi connectivity index (χ4v) is 3.22. The molecule has 0 aromatic rings. The van der Waals surface area contributed by atoms with Crippen molar-refractivity contribution < 1.29 is 23.8 Å². The highest BCUT2D eigenvalue weighted by Crippen LogP contribution is 2.39. The van der Waals surface area contributed by atoms with E-state index < -0.39 is 29.3 Å². The van der Waals surface area contributed by atoms with Gasteiger partial charge >= 0.3 is 12.1 Å². The van der Waals surface area contributed by atoms with Gasteiger partial charge in [0.1, 0.15) is 23.3 Å². The van der Waals surface area contributed by atoms with E-state index in [4.69, 9.17) is 14.2 Å². The van der Waals surface area contributed by atoms with Gasteiger partial charge in [-0.2, -0.15) is 0 Å². The number of esters is 1. The van der Waals surface area contributed by atoms with Gasteiger partial charge in [-0.3, -0.25) is 4.90 Å². The molecule has 0 aromatic carbocycles. The van der Waals surface area contributed by atoms with Crippen LogP contribution in [0.25, 0.3) is 0 Å². The average molecular weight is 353 g/mol. The van der Waals surface area contributed by atoms with E-state index in [-0.39, 0.29) is 18.1 Å². The summed E-state index contributed by atoms with van der Waals surface area (Å²) in [5, 5.41) is 0. The molecular weight excluding hydrogens is 322 g/mol. The minimum absolute atomic E-state index is 0.0440. The number of hydrogen-bond acceptors (Lipinski definition) is 5. The molecule has 2 fully saturated rings. The van der Waals surface area contributed by atoms with Crippen LogP contribution in [0, 0.1) is 5.92 Å². The molecule has 6 heteroatoms. The Labute approximate surface area is 150 Å². The molecule has 2 aliphatic rings. The van der Waals surface area contributed by atoms with Gasteiger partial charge in [-0.15, -0.1) is 0 Å². The smallest absolute Gasteiger partial charge is 0.411 e. The maximum absolute atomic E-state index is 12.9. The van der Waals surface area contributed by atoms with Crippen molar-refractivity contribution in [1.29, 1.82) is 0 Å². The van der Waals surface area contributed by atoms with Gasteiger partial charge in [-0.05, 0) is 54.9 Å². The van der Waals surface area contributed by atoms with Gasteiger partial charge < -0.3 is 14.2 Å². The summed E-state index contributed by atoms with van der Waals surface area (Å²) in [6, 6.07) is -0.868. The first-order valence-electron chi connectivity index (χ1n) is 8.91. The zero-order chi connectivity index (χ0) is 19.0. The second-order valence-electron chi connectivity index (χ2n) is 8.72. The van der Waals surface area contributed by atoms with E-state index in [2.05, 4.69) is 0 Å². The predicted octanol–water partition coefficient (Wildman–Crippen LogP) is 3.30. The molecule has 0 bridgehead atoms. The highest BCUT2D eigenvalue weighted by molar-refractivity contribution is 5.83. The summed E-state index contributed by atoms with van der Waals surface area (Å²) < 4.78 is 16.6. The number of nitrogens with zero attached hydrogens (tertiary/aromatic N) is 1. The van der Waals surface area contributed by atoms with Crippen LogP contribution < -0.4 is 0 Å². The number of ether oxygens (including phenoxy) is 3. The van der Waals surface area contributed by atoms with Crippen molar-refractivity contribution in [2.45, 2.75) is 84.3 Å². The fraction of sp³-hybridized carbons (Fsp3) is 0.789. The monoisotopic (exact) mass is 353 g/mol. The molecule has 1 amide bonds. The molecule has 0 aliphatic carbocycles. The summed E-state index contributed by atoms with van der Waals surface area (Å²) in [7, 11) is 0. The minimum atomic E-state index is -0.663. The lowest BCUT2D eigenvalue weighted by atomic mass is 9.96. The number of carbonyl (C=O) groups is 2. The van der Waals surface area contributed by atoms with Crippen molar-refractivity contribution in [3.05, 3.63) is 12.2 Å². The number of amides is 1. The van der Waals surface area contributed by atoms with E-state index in [1.54, 1.807) is 4.90 Å². The second kappa shape index (κ2) is 6.98. The van der Waals surface area contributed by atoms with Crippen molar-refractivity contribution in [3.63, 3.8) is 0 Å². The molecule has 0 N–H and O–H groups in total. The van der Waals surface area contributed by atoms with Crippen molar-refractivity contribution in [2.24, 2.45) is 5.92 Å². The molecule has 25 heavy (non-hydrogen) atoms. The number of hydrogen-bond donors (Lipinski definition) is 0. The van der Waals surface area contributed by atoms with Crippen LogP contribution in [0.5, 0.6) is 0 Å². The molecule has 2 saturated heterocycles. The molecule has 0 spiro atoms. The number of likely N-dealkylation sites (tertiary alicyclic amines) is 1. The van der Waals surface area contributed by atoms with E-state index in [1.165, 1.54) is 0 Å². The van der Waals surface area contributed by atoms with Crippen molar-refractivity contribution in [2.75, 3.05) is 6.61 Å². The Morgan fingerprint density at radius 2 is 1.64 bits per heavy atom. The van der Waals surface area contributed by atoms with E-state index in [9.17, 15) is 9.59 Å². The lowest BCUT2D eigenvalue weighted by Gasteiger charge is -2.33. The van der Waals surface area contributed by atoms with E-state index in [0.717, 1.165) is 0 Å². The summed E-state index contributed by atoms with van der Waals surface area (Å²) in [6.07, 6.45) is 3.96.